The molecule has 2 rings (SSSR count). The van der Waals surface area contributed by atoms with Crippen LogP contribution < -0.4 is 5.32 Å². The zero-order valence-corrected chi connectivity index (χ0v) is 10.6. The Morgan fingerprint density at radius 3 is 2.69 bits per heavy atom. The molecule has 1 heterocycles. The summed E-state index contributed by atoms with van der Waals surface area (Å²) in [5.41, 5.74) is 3.17. The van der Waals surface area contributed by atoms with Gasteiger partial charge in [-0.1, -0.05) is 24.3 Å². The van der Waals surface area contributed by atoms with Crippen LogP contribution in [0.5, 0.6) is 0 Å². The van der Waals surface area contributed by atoms with Crippen molar-refractivity contribution in [3.8, 4) is 0 Å². The lowest BCUT2D eigenvalue weighted by Crippen LogP contribution is -2.47. The van der Waals surface area contributed by atoms with Crippen LogP contribution in [0.15, 0.2) is 24.3 Å². The Kier molecular flexibility index (Phi) is 3.31. The zero-order chi connectivity index (χ0) is 11.6. The maximum atomic E-state index is 3.54. The SMILES string of the molecule is CNC1(Cc2ccccc2C)CCN(C)C1. The molecule has 1 aromatic carbocycles. The first kappa shape index (κ1) is 11.6. The summed E-state index contributed by atoms with van der Waals surface area (Å²) >= 11 is 0. The van der Waals surface area contributed by atoms with E-state index >= 15 is 0 Å². The van der Waals surface area contributed by atoms with Crippen LogP contribution in [0.2, 0.25) is 0 Å². The quantitative estimate of drug-likeness (QED) is 0.832. The van der Waals surface area contributed by atoms with Crippen LogP contribution >= 0.6 is 0 Å². The zero-order valence-electron chi connectivity index (χ0n) is 10.6. The molecule has 0 amide bonds. The minimum absolute atomic E-state index is 0.279. The summed E-state index contributed by atoms with van der Waals surface area (Å²) in [4.78, 5) is 2.41. The van der Waals surface area contributed by atoms with Crippen molar-refractivity contribution >= 4 is 0 Å². The lowest BCUT2D eigenvalue weighted by molar-refractivity contribution is 0.326. The molecule has 1 aromatic rings. The van der Waals surface area contributed by atoms with Gasteiger partial charge in [0.25, 0.3) is 0 Å². The van der Waals surface area contributed by atoms with E-state index in [9.17, 15) is 0 Å². The molecule has 2 nitrogen and oxygen atoms in total. The van der Waals surface area contributed by atoms with Crippen LogP contribution in [-0.4, -0.2) is 37.6 Å². The van der Waals surface area contributed by atoms with Crippen molar-refractivity contribution in [2.75, 3.05) is 27.2 Å². The highest BCUT2D eigenvalue weighted by molar-refractivity contribution is 5.28. The number of nitrogens with zero attached hydrogens (tertiary/aromatic N) is 1. The van der Waals surface area contributed by atoms with Gasteiger partial charge in [0, 0.05) is 12.1 Å². The molecule has 16 heavy (non-hydrogen) atoms. The van der Waals surface area contributed by atoms with E-state index in [2.05, 4.69) is 55.5 Å². The number of aryl methyl sites for hydroxylation is 1. The number of benzene rings is 1. The Bertz CT molecular complexity index is 362. The monoisotopic (exact) mass is 218 g/mol. The summed E-state index contributed by atoms with van der Waals surface area (Å²) in [6.45, 7) is 4.56. The summed E-state index contributed by atoms with van der Waals surface area (Å²) < 4.78 is 0. The molecule has 0 spiro atoms. The van der Waals surface area contributed by atoms with E-state index in [0.29, 0.717) is 0 Å². The lowest BCUT2D eigenvalue weighted by atomic mass is 9.88. The van der Waals surface area contributed by atoms with Crippen LogP contribution in [-0.2, 0) is 6.42 Å². The van der Waals surface area contributed by atoms with Crippen molar-refractivity contribution in [3.63, 3.8) is 0 Å². The average molecular weight is 218 g/mol. The van der Waals surface area contributed by atoms with Gasteiger partial charge < -0.3 is 10.2 Å². The van der Waals surface area contributed by atoms with Crippen LogP contribution in [0, 0.1) is 6.92 Å². The van der Waals surface area contributed by atoms with Crippen molar-refractivity contribution in [2.45, 2.75) is 25.3 Å². The number of nitrogens with one attached hydrogen (secondary N) is 1. The van der Waals surface area contributed by atoms with E-state index in [4.69, 9.17) is 0 Å². The Morgan fingerprint density at radius 2 is 2.12 bits per heavy atom. The predicted octanol–water partition coefficient (Wildman–Crippen LogP) is 1.83. The van der Waals surface area contributed by atoms with Gasteiger partial charge in [-0.15, -0.1) is 0 Å². The summed E-state index contributed by atoms with van der Waals surface area (Å²) in [5.74, 6) is 0. The third-order valence-corrected chi connectivity index (χ3v) is 3.87. The Labute approximate surface area is 98.7 Å². The minimum atomic E-state index is 0.279. The number of likely N-dealkylation sites (N-methyl/N-ethyl adjacent to an activating group) is 2. The third-order valence-electron chi connectivity index (χ3n) is 3.87. The Morgan fingerprint density at radius 1 is 1.38 bits per heavy atom. The van der Waals surface area contributed by atoms with E-state index in [1.54, 1.807) is 0 Å². The highest BCUT2D eigenvalue weighted by atomic mass is 15.2. The second kappa shape index (κ2) is 4.56. The summed E-state index contributed by atoms with van der Waals surface area (Å²) in [6, 6.07) is 8.72. The van der Waals surface area contributed by atoms with Crippen LogP contribution in [0.25, 0.3) is 0 Å². The molecular formula is C14H22N2. The molecule has 1 aliphatic rings. The number of likely N-dealkylation sites (tertiary alicyclic amines) is 1. The molecule has 0 bridgehead atoms. The summed E-state index contributed by atoms with van der Waals surface area (Å²) in [6.07, 6.45) is 2.38. The van der Waals surface area contributed by atoms with Gasteiger partial charge in [-0.05, 0) is 51.5 Å². The predicted molar refractivity (Wildman–Crippen MR) is 68.8 cm³/mol. The van der Waals surface area contributed by atoms with E-state index in [1.807, 2.05) is 0 Å². The van der Waals surface area contributed by atoms with Crippen LogP contribution in [0.3, 0.4) is 0 Å². The summed E-state index contributed by atoms with van der Waals surface area (Å²) in [7, 11) is 4.30. The molecule has 0 aliphatic carbocycles. The summed E-state index contributed by atoms with van der Waals surface area (Å²) in [5, 5.41) is 3.54. The maximum Gasteiger partial charge on any atom is 0.0358 e. The first-order valence-corrected chi connectivity index (χ1v) is 6.07. The minimum Gasteiger partial charge on any atom is -0.313 e. The van der Waals surface area contributed by atoms with Gasteiger partial charge in [0.1, 0.15) is 0 Å². The van der Waals surface area contributed by atoms with Gasteiger partial charge in [0.2, 0.25) is 0 Å². The van der Waals surface area contributed by atoms with Gasteiger partial charge in [-0.3, -0.25) is 0 Å². The number of hydrogen-bond donors (Lipinski definition) is 1. The number of rotatable bonds is 3. The standard InChI is InChI=1S/C14H22N2/c1-12-6-4-5-7-13(12)10-14(15-2)8-9-16(3)11-14/h4-7,15H,8-11H2,1-3H3. The van der Waals surface area contributed by atoms with Crippen molar-refractivity contribution in [2.24, 2.45) is 0 Å². The fourth-order valence-electron chi connectivity index (χ4n) is 2.69. The van der Waals surface area contributed by atoms with Crippen molar-refractivity contribution in [1.29, 1.82) is 0 Å². The molecule has 2 heteroatoms. The van der Waals surface area contributed by atoms with Crippen LogP contribution in [0.1, 0.15) is 17.5 Å². The number of hydrogen-bond acceptors (Lipinski definition) is 2. The van der Waals surface area contributed by atoms with E-state index in [0.717, 1.165) is 13.0 Å². The molecule has 1 fully saturated rings. The van der Waals surface area contributed by atoms with Crippen molar-refractivity contribution in [3.05, 3.63) is 35.4 Å². The molecule has 88 valence electrons. The van der Waals surface area contributed by atoms with Crippen molar-refractivity contribution < 1.29 is 0 Å². The highest BCUT2D eigenvalue weighted by Gasteiger charge is 2.35. The smallest absolute Gasteiger partial charge is 0.0358 e. The first-order valence-electron chi connectivity index (χ1n) is 6.07. The molecular weight excluding hydrogens is 196 g/mol. The fourth-order valence-corrected chi connectivity index (χ4v) is 2.69. The maximum absolute atomic E-state index is 3.54. The fraction of sp³-hybridized carbons (Fsp3) is 0.571. The third kappa shape index (κ3) is 2.28. The molecule has 0 saturated carbocycles. The first-order chi connectivity index (χ1) is 7.65. The second-order valence-corrected chi connectivity index (χ2v) is 5.12. The van der Waals surface area contributed by atoms with E-state index in [1.165, 1.54) is 24.1 Å². The van der Waals surface area contributed by atoms with E-state index < -0.39 is 0 Å². The van der Waals surface area contributed by atoms with Gasteiger partial charge in [-0.2, -0.15) is 0 Å². The molecule has 1 unspecified atom stereocenters. The second-order valence-electron chi connectivity index (χ2n) is 5.12. The van der Waals surface area contributed by atoms with Gasteiger partial charge in [-0.25, -0.2) is 0 Å². The molecule has 1 atom stereocenters. The van der Waals surface area contributed by atoms with Gasteiger partial charge >= 0.3 is 0 Å². The Balaban J connectivity index is 2.16. The van der Waals surface area contributed by atoms with Crippen LogP contribution in [0.4, 0.5) is 0 Å². The van der Waals surface area contributed by atoms with E-state index in [-0.39, 0.29) is 5.54 Å². The average Bonchev–Trinajstić information content (AvgIpc) is 2.65. The molecule has 1 saturated heterocycles. The molecule has 1 aliphatic heterocycles. The molecule has 1 N–H and O–H groups in total. The molecule has 0 aromatic heterocycles. The largest absolute Gasteiger partial charge is 0.313 e. The Hall–Kier alpha value is -0.860. The molecule has 0 radical (unpaired) electrons. The van der Waals surface area contributed by atoms with Gasteiger partial charge in [0.15, 0.2) is 0 Å². The lowest BCUT2D eigenvalue weighted by Gasteiger charge is -2.29. The van der Waals surface area contributed by atoms with Crippen molar-refractivity contribution in [1.82, 2.24) is 10.2 Å². The topological polar surface area (TPSA) is 15.3 Å². The normalized spacial score (nSPS) is 26.2. The van der Waals surface area contributed by atoms with Gasteiger partial charge in [0.05, 0.1) is 0 Å². The highest BCUT2D eigenvalue weighted by Crippen LogP contribution is 2.25.